The maximum absolute atomic E-state index is 13.0. The molecule has 0 atom stereocenters. The number of ether oxygens (including phenoxy) is 2. The number of halogens is 2. The lowest BCUT2D eigenvalue weighted by Crippen LogP contribution is -2.24. The highest BCUT2D eigenvalue weighted by molar-refractivity contribution is 14.1. The molecule has 6 nitrogen and oxygen atoms in total. The molecule has 0 fully saturated rings. The molecule has 0 spiro atoms. The van der Waals surface area contributed by atoms with E-state index in [4.69, 9.17) is 9.47 Å². The standard InChI is InChI=1S/C19H17FINO5/c1-11(23)22-16(19(24)25)8-13-7-15(21)18(17(9-13)26-2)27-10-12-3-5-14(20)6-4-12/h3-9H,10H2,1-2H3,(H,22,23)(H,24,25). The highest BCUT2D eigenvalue weighted by atomic mass is 127. The Kier molecular flexibility index (Phi) is 7.17. The Hall–Kier alpha value is -2.62. The van der Waals surface area contributed by atoms with Gasteiger partial charge in [0.05, 0.1) is 10.7 Å². The second kappa shape index (κ2) is 9.36. The molecule has 142 valence electrons. The summed E-state index contributed by atoms with van der Waals surface area (Å²) in [4.78, 5) is 22.4. The molecule has 0 aliphatic rings. The lowest BCUT2D eigenvalue weighted by molar-refractivity contribution is -0.134. The molecule has 0 aliphatic heterocycles. The maximum atomic E-state index is 13.0. The van der Waals surface area contributed by atoms with E-state index < -0.39 is 11.9 Å². The molecular formula is C19H17FINO5. The molecule has 0 aromatic heterocycles. The zero-order valence-electron chi connectivity index (χ0n) is 14.6. The van der Waals surface area contributed by atoms with Gasteiger partial charge in [-0.15, -0.1) is 0 Å². The summed E-state index contributed by atoms with van der Waals surface area (Å²) in [6.45, 7) is 1.45. The number of aliphatic carboxylic acids is 1. The fraction of sp³-hybridized carbons (Fsp3) is 0.158. The van der Waals surface area contributed by atoms with Crippen molar-refractivity contribution in [2.45, 2.75) is 13.5 Å². The third-order valence-electron chi connectivity index (χ3n) is 3.40. The van der Waals surface area contributed by atoms with Crippen LogP contribution in [0.1, 0.15) is 18.1 Å². The second-order valence-electron chi connectivity index (χ2n) is 5.49. The van der Waals surface area contributed by atoms with E-state index in [2.05, 4.69) is 5.32 Å². The summed E-state index contributed by atoms with van der Waals surface area (Å²) in [5.41, 5.74) is 1.06. The van der Waals surface area contributed by atoms with Gasteiger partial charge in [0.1, 0.15) is 18.1 Å². The van der Waals surface area contributed by atoms with Gasteiger partial charge in [-0.1, -0.05) is 12.1 Å². The van der Waals surface area contributed by atoms with E-state index in [1.54, 1.807) is 24.3 Å². The zero-order valence-corrected chi connectivity index (χ0v) is 16.7. The highest BCUT2D eigenvalue weighted by Crippen LogP contribution is 2.35. The monoisotopic (exact) mass is 485 g/mol. The van der Waals surface area contributed by atoms with Crippen molar-refractivity contribution in [2.75, 3.05) is 7.11 Å². The van der Waals surface area contributed by atoms with Crippen LogP contribution in [0.25, 0.3) is 6.08 Å². The maximum Gasteiger partial charge on any atom is 0.352 e. The molecule has 0 aliphatic carbocycles. The van der Waals surface area contributed by atoms with E-state index in [1.807, 2.05) is 22.6 Å². The number of carbonyl (C=O) groups excluding carboxylic acids is 1. The van der Waals surface area contributed by atoms with Crippen LogP contribution in [0.2, 0.25) is 0 Å². The van der Waals surface area contributed by atoms with Crippen molar-refractivity contribution in [3.05, 3.63) is 62.6 Å². The number of carboxylic acids is 1. The molecule has 1 amide bonds. The molecular weight excluding hydrogens is 468 g/mol. The van der Waals surface area contributed by atoms with Crippen molar-refractivity contribution < 1.29 is 28.6 Å². The molecule has 0 heterocycles. The fourth-order valence-corrected chi connectivity index (χ4v) is 2.99. The predicted octanol–water partition coefficient (Wildman–Crippen LogP) is 3.58. The normalized spacial score (nSPS) is 11.0. The number of carboxylic acid groups (broad SMARTS) is 1. The minimum absolute atomic E-state index is 0.216. The zero-order chi connectivity index (χ0) is 20.0. The summed E-state index contributed by atoms with van der Waals surface area (Å²) in [7, 11) is 1.47. The number of hydrogen-bond acceptors (Lipinski definition) is 4. The summed E-state index contributed by atoms with van der Waals surface area (Å²) in [5.74, 6) is -1.17. The quantitative estimate of drug-likeness (QED) is 0.463. The number of benzene rings is 2. The average molecular weight is 485 g/mol. The minimum Gasteiger partial charge on any atom is -0.493 e. The Morgan fingerprint density at radius 1 is 1.26 bits per heavy atom. The number of rotatable bonds is 7. The van der Waals surface area contributed by atoms with Crippen LogP contribution in [0.15, 0.2) is 42.1 Å². The summed E-state index contributed by atoms with van der Waals surface area (Å²) >= 11 is 2.04. The Labute approximate surface area is 169 Å². The van der Waals surface area contributed by atoms with Gasteiger partial charge in [-0.25, -0.2) is 9.18 Å². The number of methoxy groups -OCH3 is 1. The van der Waals surface area contributed by atoms with Crippen LogP contribution in [-0.2, 0) is 16.2 Å². The van der Waals surface area contributed by atoms with Crippen molar-refractivity contribution in [2.24, 2.45) is 0 Å². The van der Waals surface area contributed by atoms with E-state index in [0.29, 0.717) is 20.6 Å². The van der Waals surface area contributed by atoms with Gasteiger partial charge >= 0.3 is 5.97 Å². The van der Waals surface area contributed by atoms with E-state index >= 15 is 0 Å². The molecule has 2 rings (SSSR count). The van der Waals surface area contributed by atoms with Crippen molar-refractivity contribution in [1.29, 1.82) is 0 Å². The first kappa shape index (κ1) is 20.7. The van der Waals surface area contributed by atoms with Gasteiger partial charge in [-0.05, 0) is 64.1 Å². The number of hydrogen-bond donors (Lipinski definition) is 2. The second-order valence-corrected chi connectivity index (χ2v) is 6.66. The topological polar surface area (TPSA) is 84.9 Å². The molecule has 27 heavy (non-hydrogen) atoms. The molecule has 0 bridgehead atoms. The number of amides is 1. The van der Waals surface area contributed by atoms with Gasteiger partial charge in [-0.2, -0.15) is 0 Å². The Bertz CT molecular complexity index is 880. The van der Waals surface area contributed by atoms with Crippen LogP contribution >= 0.6 is 22.6 Å². The smallest absolute Gasteiger partial charge is 0.352 e. The number of nitrogens with one attached hydrogen (secondary N) is 1. The third-order valence-corrected chi connectivity index (χ3v) is 4.20. The average Bonchev–Trinajstić information content (AvgIpc) is 2.60. The first-order valence-electron chi connectivity index (χ1n) is 7.77. The molecule has 0 unspecified atom stereocenters. The molecule has 8 heteroatoms. The first-order valence-corrected chi connectivity index (χ1v) is 8.85. The van der Waals surface area contributed by atoms with Crippen molar-refractivity contribution >= 4 is 40.5 Å². The number of carbonyl (C=O) groups is 2. The Morgan fingerprint density at radius 2 is 1.93 bits per heavy atom. The first-order chi connectivity index (χ1) is 12.8. The lowest BCUT2D eigenvalue weighted by Gasteiger charge is -2.14. The van der Waals surface area contributed by atoms with Crippen LogP contribution < -0.4 is 14.8 Å². The molecule has 0 radical (unpaired) electrons. The molecule has 2 aromatic carbocycles. The largest absolute Gasteiger partial charge is 0.493 e. The molecule has 0 saturated carbocycles. The Morgan fingerprint density at radius 3 is 2.48 bits per heavy atom. The van der Waals surface area contributed by atoms with Gasteiger partial charge < -0.3 is 19.9 Å². The summed E-state index contributed by atoms with van der Waals surface area (Å²) in [6.07, 6.45) is 1.33. The van der Waals surface area contributed by atoms with Gasteiger partial charge in [0.15, 0.2) is 11.5 Å². The van der Waals surface area contributed by atoms with Crippen molar-refractivity contribution in [3.8, 4) is 11.5 Å². The van der Waals surface area contributed by atoms with Crippen LogP contribution in [0.5, 0.6) is 11.5 Å². The molecule has 2 N–H and O–H groups in total. The van der Waals surface area contributed by atoms with E-state index in [0.717, 1.165) is 5.56 Å². The van der Waals surface area contributed by atoms with Gasteiger partial charge in [0.2, 0.25) is 5.91 Å². The van der Waals surface area contributed by atoms with Crippen molar-refractivity contribution in [1.82, 2.24) is 5.32 Å². The van der Waals surface area contributed by atoms with Crippen LogP contribution in [0.3, 0.4) is 0 Å². The van der Waals surface area contributed by atoms with Crippen molar-refractivity contribution in [3.63, 3.8) is 0 Å². The summed E-state index contributed by atoms with van der Waals surface area (Å²) in [5, 5.41) is 11.5. The summed E-state index contributed by atoms with van der Waals surface area (Å²) in [6, 6.07) is 9.26. The Balaban J connectivity index is 2.29. The summed E-state index contributed by atoms with van der Waals surface area (Å²) < 4.78 is 24.8. The highest BCUT2D eigenvalue weighted by Gasteiger charge is 2.14. The van der Waals surface area contributed by atoms with E-state index in [1.165, 1.54) is 32.2 Å². The third kappa shape index (κ3) is 5.95. The van der Waals surface area contributed by atoms with Crippen LogP contribution in [0.4, 0.5) is 4.39 Å². The SMILES string of the molecule is COc1cc(C=C(NC(C)=O)C(=O)O)cc(I)c1OCc1ccc(F)cc1. The lowest BCUT2D eigenvalue weighted by atomic mass is 10.1. The molecule has 0 saturated heterocycles. The van der Waals surface area contributed by atoms with Gasteiger partial charge in [-0.3, -0.25) is 4.79 Å². The van der Waals surface area contributed by atoms with Crippen LogP contribution in [-0.4, -0.2) is 24.1 Å². The van der Waals surface area contributed by atoms with Crippen LogP contribution in [0, 0.1) is 9.39 Å². The van der Waals surface area contributed by atoms with Gasteiger partial charge in [0.25, 0.3) is 0 Å². The minimum atomic E-state index is -1.25. The predicted molar refractivity (Wildman–Crippen MR) is 106 cm³/mol. The van der Waals surface area contributed by atoms with E-state index in [-0.39, 0.29) is 18.1 Å². The van der Waals surface area contributed by atoms with E-state index in [9.17, 15) is 19.1 Å². The fourth-order valence-electron chi connectivity index (χ4n) is 2.21. The molecule has 2 aromatic rings. The van der Waals surface area contributed by atoms with Gasteiger partial charge in [0, 0.05) is 6.92 Å².